The van der Waals surface area contributed by atoms with Gasteiger partial charge in [-0.05, 0) is 25.1 Å². The van der Waals surface area contributed by atoms with E-state index in [-0.39, 0.29) is 5.91 Å². The molecule has 19 heavy (non-hydrogen) atoms. The molecule has 0 fully saturated rings. The number of methoxy groups -OCH3 is 1. The average Bonchev–Trinajstić information content (AvgIpc) is 2.80. The molecular weight excluding hydrogens is 242 g/mol. The number of nitrogens with zero attached hydrogens (tertiary/aromatic N) is 1. The number of nitrogens with two attached hydrogens (primary N) is 1. The second-order valence-corrected chi connectivity index (χ2v) is 4.13. The van der Waals surface area contributed by atoms with Gasteiger partial charge in [0.25, 0.3) is 5.91 Å². The fourth-order valence-corrected chi connectivity index (χ4v) is 1.88. The summed E-state index contributed by atoms with van der Waals surface area (Å²) in [5.74, 6) is 0.509. The van der Waals surface area contributed by atoms with E-state index in [9.17, 15) is 4.79 Å². The fourth-order valence-electron chi connectivity index (χ4n) is 1.88. The van der Waals surface area contributed by atoms with E-state index in [1.165, 1.54) is 0 Å². The van der Waals surface area contributed by atoms with E-state index in [2.05, 4.69) is 5.32 Å². The number of aryl methyl sites for hydroxylation is 1. The second kappa shape index (κ2) is 5.48. The lowest BCUT2D eigenvalue weighted by Gasteiger charge is -2.08. The first-order chi connectivity index (χ1) is 9.13. The molecular formula is C14H17N3O2. The summed E-state index contributed by atoms with van der Waals surface area (Å²) in [6.07, 6.45) is 1.75. The van der Waals surface area contributed by atoms with Gasteiger partial charge in [-0.25, -0.2) is 0 Å². The first kappa shape index (κ1) is 13.0. The predicted molar refractivity (Wildman–Crippen MR) is 75.5 cm³/mol. The van der Waals surface area contributed by atoms with Crippen LogP contribution in [0.25, 0.3) is 0 Å². The summed E-state index contributed by atoms with van der Waals surface area (Å²) < 4.78 is 6.92. The number of nitrogens with one attached hydrogen (secondary N) is 1. The van der Waals surface area contributed by atoms with Gasteiger partial charge in [-0.3, -0.25) is 4.79 Å². The van der Waals surface area contributed by atoms with Crippen molar-refractivity contribution in [2.75, 3.05) is 18.2 Å². The van der Waals surface area contributed by atoms with Gasteiger partial charge >= 0.3 is 0 Å². The molecule has 1 aromatic carbocycles. The number of hydrogen-bond acceptors (Lipinski definition) is 3. The third-order valence-electron chi connectivity index (χ3n) is 2.82. The number of anilines is 2. The smallest absolute Gasteiger partial charge is 0.272 e. The summed E-state index contributed by atoms with van der Waals surface area (Å²) in [7, 11) is 1.59. The molecule has 1 amide bonds. The Labute approximate surface area is 112 Å². The van der Waals surface area contributed by atoms with Gasteiger partial charge in [-0.2, -0.15) is 0 Å². The molecule has 0 aliphatic heterocycles. The molecule has 2 rings (SSSR count). The lowest BCUT2D eigenvalue weighted by molar-refractivity contribution is 0.101. The van der Waals surface area contributed by atoms with E-state index >= 15 is 0 Å². The topological polar surface area (TPSA) is 69.3 Å². The van der Waals surface area contributed by atoms with Crippen molar-refractivity contribution in [3.63, 3.8) is 0 Å². The van der Waals surface area contributed by atoms with Gasteiger partial charge in [0.15, 0.2) is 0 Å². The Bertz CT molecular complexity index is 590. The molecule has 1 heterocycles. The summed E-state index contributed by atoms with van der Waals surface area (Å²) in [5, 5.41) is 2.83. The Morgan fingerprint density at radius 2 is 2.21 bits per heavy atom. The molecule has 0 saturated carbocycles. The summed E-state index contributed by atoms with van der Waals surface area (Å²) in [6.45, 7) is 2.65. The zero-order valence-electron chi connectivity index (χ0n) is 11.0. The van der Waals surface area contributed by atoms with Crippen molar-refractivity contribution in [2.24, 2.45) is 0 Å². The molecule has 3 N–H and O–H groups in total. The molecule has 0 aliphatic carbocycles. The highest BCUT2D eigenvalue weighted by atomic mass is 16.5. The molecule has 2 aromatic rings. The minimum atomic E-state index is -0.188. The lowest BCUT2D eigenvalue weighted by atomic mass is 10.3. The predicted octanol–water partition coefficient (Wildman–Crippen LogP) is 2.35. The SMILES string of the molecule is CCn1cc(N)cc1C(=O)Nc1cccc(OC)c1. The number of nitrogen functional groups attached to an aromatic ring is 1. The van der Waals surface area contributed by atoms with Gasteiger partial charge in [0.1, 0.15) is 11.4 Å². The highest BCUT2D eigenvalue weighted by Gasteiger charge is 2.12. The summed E-state index contributed by atoms with van der Waals surface area (Å²) in [5.41, 5.74) is 7.52. The molecule has 0 spiro atoms. The first-order valence-electron chi connectivity index (χ1n) is 6.05. The number of benzene rings is 1. The van der Waals surface area contributed by atoms with E-state index in [4.69, 9.17) is 10.5 Å². The third kappa shape index (κ3) is 2.88. The highest BCUT2D eigenvalue weighted by Crippen LogP contribution is 2.18. The Hall–Kier alpha value is -2.43. The molecule has 5 nitrogen and oxygen atoms in total. The molecule has 0 aliphatic rings. The van der Waals surface area contributed by atoms with E-state index in [1.807, 2.05) is 29.7 Å². The van der Waals surface area contributed by atoms with Gasteiger partial charge in [-0.15, -0.1) is 0 Å². The van der Waals surface area contributed by atoms with E-state index in [0.717, 1.165) is 0 Å². The van der Waals surface area contributed by atoms with Crippen molar-refractivity contribution in [1.82, 2.24) is 4.57 Å². The Kier molecular flexibility index (Phi) is 3.75. The normalized spacial score (nSPS) is 10.2. The molecule has 1 aromatic heterocycles. The maximum atomic E-state index is 12.2. The fraction of sp³-hybridized carbons (Fsp3) is 0.214. The molecule has 0 saturated heterocycles. The van der Waals surface area contributed by atoms with Crippen molar-refractivity contribution >= 4 is 17.3 Å². The number of amides is 1. The molecule has 0 bridgehead atoms. The maximum absolute atomic E-state index is 12.2. The van der Waals surface area contributed by atoms with Crippen LogP contribution in [0.2, 0.25) is 0 Å². The van der Waals surface area contributed by atoms with Crippen LogP contribution < -0.4 is 15.8 Å². The van der Waals surface area contributed by atoms with Gasteiger partial charge < -0.3 is 20.4 Å². The number of hydrogen-bond donors (Lipinski definition) is 2. The van der Waals surface area contributed by atoms with Crippen LogP contribution >= 0.6 is 0 Å². The Balaban J connectivity index is 2.20. The number of aromatic nitrogens is 1. The first-order valence-corrected chi connectivity index (χ1v) is 6.05. The minimum absolute atomic E-state index is 0.188. The second-order valence-electron chi connectivity index (χ2n) is 4.13. The maximum Gasteiger partial charge on any atom is 0.272 e. The zero-order chi connectivity index (χ0) is 13.8. The van der Waals surface area contributed by atoms with Crippen molar-refractivity contribution in [2.45, 2.75) is 13.5 Å². The molecule has 0 unspecified atom stereocenters. The van der Waals surface area contributed by atoms with Gasteiger partial charge in [0.05, 0.1) is 12.8 Å². The van der Waals surface area contributed by atoms with Crippen LogP contribution in [0.5, 0.6) is 5.75 Å². The summed E-state index contributed by atoms with van der Waals surface area (Å²) >= 11 is 0. The van der Waals surface area contributed by atoms with Crippen LogP contribution in [-0.2, 0) is 6.54 Å². The van der Waals surface area contributed by atoms with Gasteiger partial charge in [-0.1, -0.05) is 6.07 Å². The summed E-state index contributed by atoms with van der Waals surface area (Å²) in [4.78, 5) is 12.2. The third-order valence-corrected chi connectivity index (χ3v) is 2.82. The number of rotatable bonds is 4. The quantitative estimate of drug-likeness (QED) is 0.885. The Morgan fingerprint density at radius 1 is 1.42 bits per heavy atom. The average molecular weight is 259 g/mol. The standard InChI is InChI=1S/C14H17N3O2/c1-3-17-9-10(15)7-13(17)14(18)16-11-5-4-6-12(8-11)19-2/h4-9H,3,15H2,1-2H3,(H,16,18). The largest absolute Gasteiger partial charge is 0.497 e. The van der Waals surface area contributed by atoms with Gasteiger partial charge in [0.2, 0.25) is 0 Å². The molecule has 5 heteroatoms. The van der Waals surface area contributed by atoms with Gasteiger partial charge in [0, 0.05) is 24.5 Å². The van der Waals surface area contributed by atoms with Crippen molar-refractivity contribution in [1.29, 1.82) is 0 Å². The molecule has 0 atom stereocenters. The van der Waals surface area contributed by atoms with Crippen molar-refractivity contribution in [3.8, 4) is 5.75 Å². The minimum Gasteiger partial charge on any atom is -0.497 e. The zero-order valence-corrected chi connectivity index (χ0v) is 11.0. The monoisotopic (exact) mass is 259 g/mol. The summed E-state index contributed by atoms with van der Waals surface area (Å²) in [6, 6.07) is 8.88. The molecule has 0 radical (unpaired) electrons. The number of ether oxygens (including phenoxy) is 1. The van der Waals surface area contributed by atoms with E-state index < -0.39 is 0 Å². The number of carbonyl (C=O) groups excluding carboxylic acids is 1. The van der Waals surface area contributed by atoms with Crippen LogP contribution in [0.4, 0.5) is 11.4 Å². The highest BCUT2D eigenvalue weighted by molar-refractivity contribution is 6.03. The molecule has 100 valence electrons. The van der Waals surface area contributed by atoms with Crippen molar-refractivity contribution < 1.29 is 9.53 Å². The number of carbonyl (C=O) groups is 1. The Morgan fingerprint density at radius 3 is 2.89 bits per heavy atom. The van der Waals surface area contributed by atoms with Crippen LogP contribution in [-0.4, -0.2) is 17.6 Å². The lowest BCUT2D eigenvalue weighted by Crippen LogP contribution is -2.16. The van der Waals surface area contributed by atoms with Crippen molar-refractivity contribution in [3.05, 3.63) is 42.2 Å². The van der Waals surface area contributed by atoms with E-state index in [1.54, 1.807) is 25.4 Å². The van der Waals surface area contributed by atoms with E-state index in [0.29, 0.717) is 29.4 Å². The van der Waals surface area contributed by atoms with Crippen LogP contribution in [0.1, 0.15) is 17.4 Å². The van der Waals surface area contributed by atoms with Crippen LogP contribution in [0, 0.1) is 0 Å². The van der Waals surface area contributed by atoms with Crippen LogP contribution in [0.3, 0.4) is 0 Å². The van der Waals surface area contributed by atoms with Crippen LogP contribution in [0.15, 0.2) is 36.5 Å².